The first-order chi connectivity index (χ1) is 12.2. The minimum Gasteiger partial charge on any atom is -0.393 e. The lowest BCUT2D eigenvalue weighted by atomic mass is 10.2. The molecule has 25 heavy (non-hydrogen) atoms. The molecule has 130 valence electrons. The van der Waals surface area contributed by atoms with Crippen molar-refractivity contribution in [3.8, 4) is 0 Å². The van der Waals surface area contributed by atoms with E-state index in [1.165, 1.54) is 5.56 Å². The predicted octanol–water partition coefficient (Wildman–Crippen LogP) is 2.39. The van der Waals surface area contributed by atoms with E-state index in [2.05, 4.69) is 32.4 Å². The van der Waals surface area contributed by atoms with Crippen LogP contribution in [0.1, 0.15) is 12.0 Å². The summed E-state index contributed by atoms with van der Waals surface area (Å²) >= 11 is 0. The van der Waals surface area contributed by atoms with E-state index < -0.39 is 0 Å². The van der Waals surface area contributed by atoms with E-state index in [0.29, 0.717) is 11.5 Å². The molecule has 7 nitrogen and oxygen atoms in total. The number of benzene rings is 1. The minimum atomic E-state index is 0.573. The SMILES string of the molecule is CN(Cc1ccccc1)c1ncnc(NCCCn2ccnc2)c1N. The Morgan fingerprint density at radius 1 is 1.20 bits per heavy atom. The molecule has 0 saturated carbocycles. The molecule has 2 heterocycles. The molecule has 0 fully saturated rings. The van der Waals surface area contributed by atoms with E-state index in [1.54, 1.807) is 12.5 Å². The number of imidazole rings is 1. The summed E-state index contributed by atoms with van der Waals surface area (Å²) in [4.78, 5) is 14.7. The number of rotatable bonds is 8. The van der Waals surface area contributed by atoms with Crippen molar-refractivity contribution in [2.45, 2.75) is 19.5 Å². The summed E-state index contributed by atoms with van der Waals surface area (Å²) in [6.07, 6.45) is 8.05. The highest BCUT2D eigenvalue weighted by Gasteiger charge is 2.12. The molecule has 0 spiro atoms. The molecule has 0 aliphatic rings. The summed E-state index contributed by atoms with van der Waals surface area (Å²) < 4.78 is 2.05. The standard InChI is InChI=1S/C18H23N7/c1-24(12-15-6-3-2-4-7-15)18-16(19)17(22-13-23-18)21-8-5-10-25-11-9-20-14-25/h2-4,6-7,9,11,13-14H,5,8,10,12,19H2,1H3,(H,21,22,23). The number of hydrogen-bond acceptors (Lipinski definition) is 6. The zero-order valence-electron chi connectivity index (χ0n) is 14.3. The maximum Gasteiger partial charge on any atom is 0.157 e. The molecule has 3 N–H and O–H groups in total. The topological polar surface area (TPSA) is 84.9 Å². The van der Waals surface area contributed by atoms with Gasteiger partial charge in [-0.15, -0.1) is 0 Å². The van der Waals surface area contributed by atoms with Crippen LogP contribution in [0.3, 0.4) is 0 Å². The normalized spacial score (nSPS) is 10.6. The lowest BCUT2D eigenvalue weighted by molar-refractivity contribution is 0.660. The molecular weight excluding hydrogens is 314 g/mol. The summed E-state index contributed by atoms with van der Waals surface area (Å²) in [5, 5.41) is 3.30. The van der Waals surface area contributed by atoms with Crippen molar-refractivity contribution in [2.75, 3.05) is 29.5 Å². The number of aromatic nitrogens is 4. The van der Waals surface area contributed by atoms with Gasteiger partial charge in [0.25, 0.3) is 0 Å². The van der Waals surface area contributed by atoms with Gasteiger partial charge >= 0.3 is 0 Å². The van der Waals surface area contributed by atoms with Gasteiger partial charge in [-0.2, -0.15) is 0 Å². The molecule has 0 aliphatic heterocycles. The Balaban J connectivity index is 1.59. The molecule has 3 aromatic rings. The molecular formula is C18H23N7. The molecule has 0 bridgehead atoms. The van der Waals surface area contributed by atoms with Gasteiger partial charge in [-0.25, -0.2) is 15.0 Å². The molecule has 0 atom stereocenters. The third-order valence-electron chi connectivity index (χ3n) is 3.93. The van der Waals surface area contributed by atoms with Crippen LogP contribution in [-0.4, -0.2) is 33.1 Å². The molecule has 0 unspecified atom stereocenters. The van der Waals surface area contributed by atoms with Gasteiger partial charge in [0, 0.05) is 39.1 Å². The van der Waals surface area contributed by atoms with Crippen LogP contribution < -0.4 is 16.0 Å². The Bertz CT molecular complexity index is 771. The molecule has 2 aromatic heterocycles. The summed E-state index contributed by atoms with van der Waals surface area (Å²) in [5.41, 5.74) is 8.05. The quantitative estimate of drug-likeness (QED) is 0.614. The molecule has 0 saturated heterocycles. The molecule has 0 amide bonds. The second-order valence-electron chi connectivity index (χ2n) is 5.88. The fraction of sp³-hybridized carbons (Fsp3) is 0.278. The van der Waals surface area contributed by atoms with Crippen molar-refractivity contribution in [1.82, 2.24) is 19.5 Å². The Labute approximate surface area is 147 Å². The largest absolute Gasteiger partial charge is 0.393 e. The van der Waals surface area contributed by atoms with Crippen LogP contribution in [0.2, 0.25) is 0 Å². The molecule has 0 aliphatic carbocycles. The van der Waals surface area contributed by atoms with Gasteiger partial charge in [-0.1, -0.05) is 30.3 Å². The Hall–Kier alpha value is -3.09. The van der Waals surface area contributed by atoms with E-state index in [4.69, 9.17) is 5.73 Å². The number of aryl methyl sites for hydroxylation is 1. The number of nitrogens with zero attached hydrogens (tertiary/aromatic N) is 5. The van der Waals surface area contributed by atoms with Crippen LogP contribution in [0.15, 0.2) is 55.4 Å². The van der Waals surface area contributed by atoms with Gasteiger partial charge < -0.3 is 20.5 Å². The predicted molar refractivity (Wildman–Crippen MR) is 100 cm³/mol. The summed E-state index contributed by atoms with van der Waals surface area (Å²) in [7, 11) is 1.98. The second-order valence-corrected chi connectivity index (χ2v) is 5.88. The van der Waals surface area contributed by atoms with Crippen molar-refractivity contribution < 1.29 is 0 Å². The highest BCUT2D eigenvalue weighted by atomic mass is 15.2. The van der Waals surface area contributed by atoms with Crippen LogP contribution >= 0.6 is 0 Å². The highest BCUT2D eigenvalue weighted by Crippen LogP contribution is 2.26. The maximum atomic E-state index is 6.27. The Morgan fingerprint density at radius 3 is 2.80 bits per heavy atom. The van der Waals surface area contributed by atoms with Crippen LogP contribution in [0.4, 0.5) is 17.3 Å². The van der Waals surface area contributed by atoms with Crippen molar-refractivity contribution in [3.63, 3.8) is 0 Å². The number of nitrogens with one attached hydrogen (secondary N) is 1. The zero-order valence-corrected chi connectivity index (χ0v) is 14.3. The molecule has 3 rings (SSSR count). The number of anilines is 3. The van der Waals surface area contributed by atoms with Crippen molar-refractivity contribution in [1.29, 1.82) is 0 Å². The first-order valence-corrected chi connectivity index (χ1v) is 8.29. The lowest BCUT2D eigenvalue weighted by Crippen LogP contribution is -2.20. The third-order valence-corrected chi connectivity index (χ3v) is 3.93. The van der Waals surface area contributed by atoms with Gasteiger partial charge in [-0.3, -0.25) is 0 Å². The zero-order chi connectivity index (χ0) is 17.5. The van der Waals surface area contributed by atoms with E-state index in [9.17, 15) is 0 Å². The monoisotopic (exact) mass is 337 g/mol. The van der Waals surface area contributed by atoms with E-state index in [0.717, 1.165) is 31.9 Å². The summed E-state index contributed by atoms with van der Waals surface area (Å²) in [6, 6.07) is 10.2. The van der Waals surface area contributed by atoms with E-state index >= 15 is 0 Å². The van der Waals surface area contributed by atoms with Gasteiger partial charge in [0.1, 0.15) is 12.0 Å². The second kappa shape index (κ2) is 8.14. The van der Waals surface area contributed by atoms with Crippen LogP contribution in [0, 0.1) is 0 Å². The first kappa shape index (κ1) is 16.8. The molecule has 7 heteroatoms. The van der Waals surface area contributed by atoms with Gasteiger partial charge in [-0.05, 0) is 12.0 Å². The van der Waals surface area contributed by atoms with Gasteiger partial charge in [0.05, 0.1) is 6.33 Å². The van der Waals surface area contributed by atoms with Crippen molar-refractivity contribution in [2.24, 2.45) is 0 Å². The number of hydrogen-bond donors (Lipinski definition) is 2. The maximum absolute atomic E-state index is 6.27. The summed E-state index contributed by atoms with van der Waals surface area (Å²) in [5.74, 6) is 1.41. The lowest BCUT2D eigenvalue weighted by Gasteiger charge is -2.21. The first-order valence-electron chi connectivity index (χ1n) is 8.29. The molecule has 0 radical (unpaired) electrons. The van der Waals surface area contributed by atoms with Crippen LogP contribution in [0.25, 0.3) is 0 Å². The summed E-state index contributed by atoms with van der Waals surface area (Å²) in [6.45, 7) is 2.42. The van der Waals surface area contributed by atoms with Crippen molar-refractivity contribution in [3.05, 3.63) is 60.9 Å². The third kappa shape index (κ3) is 4.47. The number of nitrogens with two attached hydrogens (primary N) is 1. The number of nitrogen functional groups attached to an aromatic ring is 1. The molecule has 1 aromatic carbocycles. The van der Waals surface area contributed by atoms with Gasteiger partial charge in [0.2, 0.25) is 0 Å². The average Bonchev–Trinajstić information content (AvgIpc) is 3.14. The van der Waals surface area contributed by atoms with Crippen LogP contribution in [-0.2, 0) is 13.1 Å². The fourth-order valence-corrected chi connectivity index (χ4v) is 2.65. The Morgan fingerprint density at radius 2 is 2.04 bits per heavy atom. The Kier molecular flexibility index (Phi) is 5.46. The fourth-order valence-electron chi connectivity index (χ4n) is 2.65. The minimum absolute atomic E-state index is 0.573. The van der Waals surface area contributed by atoms with E-state index in [-0.39, 0.29) is 0 Å². The van der Waals surface area contributed by atoms with Crippen LogP contribution in [0.5, 0.6) is 0 Å². The van der Waals surface area contributed by atoms with Gasteiger partial charge in [0.15, 0.2) is 11.6 Å². The van der Waals surface area contributed by atoms with Crippen molar-refractivity contribution >= 4 is 17.3 Å². The smallest absolute Gasteiger partial charge is 0.157 e. The highest BCUT2D eigenvalue weighted by molar-refractivity contribution is 5.74. The van der Waals surface area contributed by atoms with E-state index in [1.807, 2.05) is 47.2 Å². The average molecular weight is 337 g/mol.